The summed E-state index contributed by atoms with van der Waals surface area (Å²) in [5, 5.41) is 26.1. The van der Waals surface area contributed by atoms with Gasteiger partial charge in [0, 0.05) is 30.7 Å². The van der Waals surface area contributed by atoms with Gasteiger partial charge in [-0.1, -0.05) is 12.1 Å². The number of non-ortho nitro benzene ring substituents is 1. The van der Waals surface area contributed by atoms with E-state index in [4.69, 9.17) is 18.9 Å². The number of amides is 2. The van der Waals surface area contributed by atoms with Crippen molar-refractivity contribution >= 4 is 29.1 Å². The molecule has 1 aliphatic rings. The van der Waals surface area contributed by atoms with Gasteiger partial charge in [-0.05, 0) is 76.4 Å². The number of nitro groups is 2. The summed E-state index contributed by atoms with van der Waals surface area (Å²) >= 11 is 0. The number of rotatable bonds is 11. The third kappa shape index (κ3) is 8.26. The number of methoxy groups -OCH3 is 2. The molecule has 0 aromatic heterocycles. The number of hydrogen-bond donors (Lipinski definition) is 1. The lowest BCUT2D eigenvalue weighted by Gasteiger charge is -2.29. The Balaban J connectivity index is 1.66. The fourth-order valence-corrected chi connectivity index (χ4v) is 5.26. The second kappa shape index (κ2) is 13.5. The molecule has 1 heterocycles. The van der Waals surface area contributed by atoms with Gasteiger partial charge in [0.2, 0.25) is 5.91 Å². The molecule has 0 fully saturated rings. The first-order valence-electron chi connectivity index (χ1n) is 14.8. The summed E-state index contributed by atoms with van der Waals surface area (Å²) in [6.07, 6.45) is -0.755. The van der Waals surface area contributed by atoms with Gasteiger partial charge in [-0.2, -0.15) is 0 Å². The van der Waals surface area contributed by atoms with Gasteiger partial charge >= 0.3 is 6.09 Å². The number of carbonyl (C=O) groups is 2. The molecular weight excluding hydrogens is 612 g/mol. The van der Waals surface area contributed by atoms with E-state index < -0.39 is 50.5 Å². The van der Waals surface area contributed by atoms with E-state index >= 15 is 0 Å². The predicted molar refractivity (Wildman–Crippen MR) is 172 cm³/mol. The minimum absolute atomic E-state index is 0.00372. The number of fused-ring (bicyclic) bond motifs is 1. The number of nitrogens with zero attached hydrogens (tertiary/aromatic N) is 3. The molecule has 47 heavy (non-hydrogen) atoms. The summed E-state index contributed by atoms with van der Waals surface area (Å²) in [5.41, 5.74) is -1.18. The minimum atomic E-state index is -1.23. The van der Waals surface area contributed by atoms with Crippen LogP contribution in [0.15, 0.2) is 54.6 Å². The smallest absolute Gasteiger partial charge is 0.408 e. The van der Waals surface area contributed by atoms with E-state index in [9.17, 15) is 29.8 Å². The monoisotopic (exact) mass is 650 g/mol. The van der Waals surface area contributed by atoms with E-state index in [1.165, 1.54) is 25.2 Å². The van der Waals surface area contributed by atoms with Gasteiger partial charge in [0.25, 0.3) is 11.4 Å². The Kier molecular flexibility index (Phi) is 9.92. The van der Waals surface area contributed by atoms with Crippen molar-refractivity contribution in [3.8, 4) is 17.2 Å². The molecule has 1 N–H and O–H groups in total. The largest absolute Gasteiger partial charge is 0.497 e. The highest BCUT2D eigenvalue weighted by Gasteiger charge is 2.39. The van der Waals surface area contributed by atoms with Gasteiger partial charge < -0.3 is 29.2 Å². The molecule has 0 unspecified atom stereocenters. The number of nitro benzene ring substituents is 2. The first kappa shape index (κ1) is 34.5. The predicted octanol–water partition coefficient (Wildman–Crippen LogP) is 5.86. The van der Waals surface area contributed by atoms with Crippen LogP contribution in [-0.2, 0) is 28.0 Å². The highest BCUT2D eigenvalue weighted by molar-refractivity contribution is 6.02. The molecule has 1 atom stereocenters. The Morgan fingerprint density at radius 3 is 2.04 bits per heavy atom. The standard InChI is InChI=1S/C33H38N4O10/c1-32(2,3)46-24-10-8-20(9-11-24)14-27(34-31(39)47-33(4,5)22-16-25(44-6)19-26(17-22)45-7)30(38)35-13-12-21-15-23(36(40)41)18-28(29(21)35)37(42)43/h8-11,15-19,27H,12-14H2,1-7H3,(H,34,39)/t27-/m0/s1. The first-order valence-corrected chi connectivity index (χ1v) is 14.8. The van der Waals surface area contributed by atoms with Crippen molar-refractivity contribution in [1.82, 2.24) is 5.32 Å². The zero-order valence-electron chi connectivity index (χ0n) is 27.3. The SMILES string of the molecule is COc1cc(OC)cc(C(C)(C)OC(=O)N[C@@H](Cc2ccc(OC(C)(C)C)cc2)C(=O)N2CCc3cc([N+](=O)[O-])cc([N+](=O)[O-])c32)c1. The molecule has 0 saturated carbocycles. The molecule has 0 saturated heterocycles. The van der Waals surface area contributed by atoms with Crippen LogP contribution in [0.2, 0.25) is 0 Å². The molecule has 2 amide bonds. The summed E-state index contributed by atoms with van der Waals surface area (Å²) in [6.45, 7) is 9.09. The zero-order valence-corrected chi connectivity index (χ0v) is 27.3. The topological polar surface area (TPSA) is 173 Å². The normalized spacial score (nSPS) is 13.3. The number of carbonyl (C=O) groups excluding carboxylic acids is 2. The number of anilines is 1. The lowest BCUT2D eigenvalue weighted by atomic mass is 9.97. The summed E-state index contributed by atoms with van der Waals surface area (Å²) in [7, 11) is 2.99. The zero-order chi connectivity index (χ0) is 34.7. The Hall–Kier alpha value is -5.40. The van der Waals surface area contributed by atoms with Gasteiger partial charge in [0.1, 0.15) is 40.2 Å². The Morgan fingerprint density at radius 1 is 0.894 bits per heavy atom. The van der Waals surface area contributed by atoms with Gasteiger partial charge in [0.05, 0.1) is 30.1 Å². The fourth-order valence-electron chi connectivity index (χ4n) is 5.26. The minimum Gasteiger partial charge on any atom is -0.497 e. The van der Waals surface area contributed by atoms with Crippen LogP contribution in [-0.4, -0.2) is 54.3 Å². The maximum Gasteiger partial charge on any atom is 0.408 e. The lowest BCUT2D eigenvalue weighted by Crippen LogP contribution is -2.50. The highest BCUT2D eigenvalue weighted by atomic mass is 16.6. The van der Waals surface area contributed by atoms with Crippen LogP contribution < -0.4 is 24.4 Å². The molecule has 3 aromatic carbocycles. The summed E-state index contributed by atoms with van der Waals surface area (Å²) in [4.78, 5) is 50.7. The number of ether oxygens (including phenoxy) is 4. The van der Waals surface area contributed by atoms with Crippen molar-refractivity contribution in [2.75, 3.05) is 25.7 Å². The average molecular weight is 651 g/mol. The van der Waals surface area contributed by atoms with Gasteiger partial charge in [-0.25, -0.2) is 4.79 Å². The number of alkyl carbamates (subject to hydrolysis) is 1. The van der Waals surface area contributed by atoms with E-state index in [1.54, 1.807) is 56.3 Å². The van der Waals surface area contributed by atoms with E-state index in [-0.39, 0.29) is 30.6 Å². The van der Waals surface area contributed by atoms with Crippen molar-refractivity contribution in [2.24, 2.45) is 0 Å². The molecule has 1 aliphatic heterocycles. The summed E-state index contributed by atoms with van der Waals surface area (Å²) < 4.78 is 22.4. The Morgan fingerprint density at radius 2 is 1.51 bits per heavy atom. The van der Waals surface area contributed by atoms with Crippen molar-refractivity contribution in [3.05, 3.63) is 91.5 Å². The van der Waals surface area contributed by atoms with E-state index in [0.29, 0.717) is 28.4 Å². The third-order valence-electron chi connectivity index (χ3n) is 7.47. The average Bonchev–Trinajstić information content (AvgIpc) is 3.43. The van der Waals surface area contributed by atoms with Crippen LogP contribution in [0.4, 0.5) is 21.9 Å². The molecule has 0 aliphatic carbocycles. The maximum atomic E-state index is 14.1. The van der Waals surface area contributed by atoms with Gasteiger partial charge in [0.15, 0.2) is 0 Å². The van der Waals surface area contributed by atoms with Crippen LogP contribution in [0, 0.1) is 20.2 Å². The summed E-state index contributed by atoms with van der Waals surface area (Å²) in [6, 6.07) is 12.9. The molecule has 0 bridgehead atoms. The van der Waals surface area contributed by atoms with Gasteiger partial charge in [-0.3, -0.25) is 25.0 Å². The van der Waals surface area contributed by atoms with Crippen molar-refractivity contribution < 1.29 is 38.4 Å². The molecule has 0 radical (unpaired) electrons. The molecule has 14 heteroatoms. The van der Waals surface area contributed by atoms with Crippen LogP contribution in [0.25, 0.3) is 0 Å². The Bertz CT molecular complexity index is 1660. The number of benzene rings is 3. The molecular formula is C33H38N4O10. The van der Waals surface area contributed by atoms with Gasteiger partial charge in [-0.15, -0.1) is 0 Å². The molecule has 0 spiro atoms. The van der Waals surface area contributed by atoms with Crippen LogP contribution in [0.1, 0.15) is 51.3 Å². The number of nitrogens with one attached hydrogen (secondary N) is 1. The quantitative estimate of drug-likeness (QED) is 0.196. The van der Waals surface area contributed by atoms with Crippen LogP contribution in [0.5, 0.6) is 17.2 Å². The van der Waals surface area contributed by atoms with Crippen molar-refractivity contribution in [1.29, 1.82) is 0 Å². The second-order valence-electron chi connectivity index (χ2n) is 12.5. The van der Waals surface area contributed by atoms with E-state index in [0.717, 1.165) is 6.07 Å². The summed E-state index contributed by atoms with van der Waals surface area (Å²) in [5.74, 6) is 0.932. The maximum absolute atomic E-state index is 14.1. The fraction of sp³-hybridized carbons (Fsp3) is 0.394. The van der Waals surface area contributed by atoms with E-state index in [2.05, 4.69) is 5.32 Å². The lowest BCUT2D eigenvalue weighted by molar-refractivity contribution is -0.393. The van der Waals surface area contributed by atoms with Crippen LogP contribution >= 0.6 is 0 Å². The highest BCUT2D eigenvalue weighted by Crippen LogP contribution is 2.41. The van der Waals surface area contributed by atoms with E-state index in [1.807, 2.05) is 20.8 Å². The molecule has 250 valence electrons. The third-order valence-corrected chi connectivity index (χ3v) is 7.47. The molecule has 3 aromatic rings. The first-order chi connectivity index (χ1) is 22.0. The molecule has 4 rings (SSSR count). The molecule has 14 nitrogen and oxygen atoms in total. The van der Waals surface area contributed by atoms with Crippen molar-refractivity contribution in [3.63, 3.8) is 0 Å². The van der Waals surface area contributed by atoms with Crippen molar-refractivity contribution in [2.45, 2.75) is 64.7 Å². The van der Waals surface area contributed by atoms with Crippen LogP contribution in [0.3, 0.4) is 0 Å². The second-order valence-corrected chi connectivity index (χ2v) is 12.5. The number of hydrogen-bond acceptors (Lipinski definition) is 10. The Labute approximate surface area is 271 Å².